The van der Waals surface area contributed by atoms with Crippen molar-refractivity contribution in [3.63, 3.8) is 0 Å². The van der Waals surface area contributed by atoms with Crippen molar-refractivity contribution in [1.29, 1.82) is 0 Å². The minimum atomic E-state index is -0.748. The third-order valence-electron chi connectivity index (χ3n) is 3.95. The van der Waals surface area contributed by atoms with Crippen molar-refractivity contribution in [3.8, 4) is 5.69 Å². The number of rotatable bonds is 6. The number of amides is 1. The largest absolute Gasteiger partial charge is 0.467 e. The van der Waals surface area contributed by atoms with Crippen molar-refractivity contribution >= 4 is 5.91 Å². The molecule has 2 atom stereocenters. The van der Waals surface area contributed by atoms with Crippen molar-refractivity contribution in [2.24, 2.45) is 0 Å². The maximum Gasteiger partial charge on any atom is 0.251 e. The average molecular weight is 340 g/mol. The molecule has 0 aliphatic carbocycles. The van der Waals surface area contributed by atoms with Gasteiger partial charge >= 0.3 is 0 Å². The molecule has 7 heteroatoms. The minimum absolute atomic E-state index is 0.188. The van der Waals surface area contributed by atoms with E-state index in [1.165, 1.54) is 12.6 Å². The topological polar surface area (TPSA) is 93.2 Å². The predicted molar refractivity (Wildman–Crippen MR) is 91.3 cm³/mol. The van der Waals surface area contributed by atoms with E-state index in [1.54, 1.807) is 29.2 Å². The first kappa shape index (κ1) is 16.9. The van der Waals surface area contributed by atoms with Crippen LogP contribution in [0.2, 0.25) is 0 Å². The molecule has 3 rings (SSSR count). The fraction of sp³-hybridized carbons (Fsp3) is 0.278. The van der Waals surface area contributed by atoms with Gasteiger partial charge in [-0.3, -0.25) is 4.79 Å². The minimum Gasteiger partial charge on any atom is -0.467 e. The van der Waals surface area contributed by atoms with Crippen molar-refractivity contribution in [2.45, 2.75) is 32.4 Å². The number of furan rings is 1. The zero-order valence-corrected chi connectivity index (χ0v) is 14.1. The molecule has 7 nitrogen and oxygen atoms in total. The van der Waals surface area contributed by atoms with E-state index >= 15 is 0 Å². The van der Waals surface area contributed by atoms with Crippen LogP contribution in [0.5, 0.6) is 0 Å². The Morgan fingerprint density at radius 1 is 1.40 bits per heavy atom. The molecule has 2 heterocycles. The first-order valence-corrected chi connectivity index (χ1v) is 8.02. The van der Waals surface area contributed by atoms with Crippen molar-refractivity contribution in [3.05, 3.63) is 66.1 Å². The zero-order chi connectivity index (χ0) is 17.8. The zero-order valence-electron chi connectivity index (χ0n) is 14.1. The van der Waals surface area contributed by atoms with Gasteiger partial charge in [-0.2, -0.15) is 5.10 Å². The molecule has 2 aromatic heterocycles. The first-order valence-electron chi connectivity index (χ1n) is 8.02. The summed E-state index contributed by atoms with van der Waals surface area (Å²) in [6, 6.07) is 8.62. The van der Waals surface area contributed by atoms with E-state index < -0.39 is 6.10 Å². The highest BCUT2D eigenvalue weighted by Crippen LogP contribution is 2.19. The normalized spacial score (nSPS) is 13.4. The standard InChI is InChI=1S/C18H20N4O3/c1-12-8-14(5-6-15(12)22-11-19-10-20-22)18(24)21-13(2)9-16(23)17-4-3-7-25-17/h3-8,10-11,13,16,23H,9H2,1-2H3,(H,21,24). The number of hydrogen-bond acceptors (Lipinski definition) is 5. The highest BCUT2D eigenvalue weighted by atomic mass is 16.4. The van der Waals surface area contributed by atoms with E-state index in [9.17, 15) is 9.90 Å². The van der Waals surface area contributed by atoms with E-state index in [0.717, 1.165) is 11.3 Å². The summed E-state index contributed by atoms with van der Waals surface area (Å²) in [4.78, 5) is 16.3. The number of aryl methyl sites for hydroxylation is 1. The van der Waals surface area contributed by atoms with Gasteiger partial charge in [-0.25, -0.2) is 9.67 Å². The van der Waals surface area contributed by atoms with Crippen LogP contribution < -0.4 is 5.32 Å². The smallest absolute Gasteiger partial charge is 0.251 e. The third kappa shape index (κ3) is 3.95. The van der Waals surface area contributed by atoms with E-state index in [0.29, 0.717) is 17.7 Å². The third-order valence-corrected chi connectivity index (χ3v) is 3.95. The highest BCUT2D eigenvalue weighted by molar-refractivity contribution is 5.94. The van der Waals surface area contributed by atoms with Gasteiger partial charge in [-0.1, -0.05) is 0 Å². The number of nitrogens with one attached hydrogen (secondary N) is 1. The molecule has 0 saturated carbocycles. The number of aliphatic hydroxyl groups is 1. The van der Waals surface area contributed by atoms with Gasteiger partial charge in [0.15, 0.2) is 0 Å². The Bertz CT molecular complexity index is 828. The maximum absolute atomic E-state index is 12.4. The van der Waals surface area contributed by atoms with Crippen LogP contribution in [0, 0.1) is 6.92 Å². The van der Waals surface area contributed by atoms with Crippen molar-refractivity contribution < 1.29 is 14.3 Å². The summed E-state index contributed by atoms with van der Waals surface area (Å²) in [7, 11) is 0. The number of aromatic nitrogens is 3. The lowest BCUT2D eigenvalue weighted by Crippen LogP contribution is -2.33. The van der Waals surface area contributed by atoms with E-state index in [2.05, 4.69) is 15.4 Å². The van der Waals surface area contributed by atoms with Gasteiger partial charge in [0.1, 0.15) is 24.5 Å². The number of benzene rings is 1. The Morgan fingerprint density at radius 3 is 2.88 bits per heavy atom. The van der Waals surface area contributed by atoms with Crippen LogP contribution in [0.4, 0.5) is 0 Å². The number of nitrogens with zero attached hydrogens (tertiary/aromatic N) is 3. The lowest BCUT2D eigenvalue weighted by Gasteiger charge is -2.17. The molecule has 0 aliphatic rings. The summed E-state index contributed by atoms with van der Waals surface area (Å²) in [6.07, 6.45) is 4.21. The maximum atomic E-state index is 12.4. The van der Waals surface area contributed by atoms with Gasteiger partial charge in [0.2, 0.25) is 0 Å². The number of carbonyl (C=O) groups excluding carboxylic acids is 1. The molecule has 2 unspecified atom stereocenters. The molecular weight excluding hydrogens is 320 g/mol. The number of hydrogen-bond donors (Lipinski definition) is 2. The van der Waals surface area contributed by atoms with E-state index in [-0.39, 0.29) is 11.9 Å². The van der Waals surface area contributed by atoms with Crippen molar-refractivity contribution in [2.75, 3.05) is 0 Å². The molecule has 1 amide bonds. The molecule has 0 radical (unpaired) electrons. The van der Waals surface area contributed by atoms with Gasteiger partial charge in [-0.05, 0) is 49.7 Å². The first-order chi connectivity index (χ1) is 12.0. The summed E-state index contributed by atoms with van der Waals surface area (Å²) in [6.45, 7) is 3.76. The molecule has 1 aromatic carbocycles. The summed E-state index contributed by atoms with van der Waals surface area (Å²) < 4.78 is 6.83. The molecule has 25 heavy (non-hydrogen) atoms. The van der Waals surface area contributed by atoms with Crippen LogP contribution in [0.1, 0.15) is 41.1 Å². The molecule has 0 bridgehead atoms. The number of carbonyl (C=O) groups is 1. The lowest BCUT2D eigenvalue weighted by atomic mass is 10.1. The lowest BCUT2D eigenvalue weighted by molar-refractivity contribution is 0.0903. The predicted octanol–water partition coefficient (Wildman–Crippen LogP) is 2.41. The van der Waals surface area contributed by atoms with Crippen LogP contribution in [0.3, 0.4) is 0 Å². The Morgan fingerprint density at radius 2 is 2.24 bits per heavy atom. The Balaban J connectivity index is 1.64. The van der Waals surface area contributed by atoms with Gasteiger partial charge in [-0.15, -0.1) is 0 Å². The fourth-order valence-corrected chi connectivity index (χ4v) is 2.68. The molecule has 130 valence electrons. The van der Waals surface area contributed by atoms with Crippen LogP contribution in [-0.2, 0) is 0 Å². The van der Waals surface area contributed by atoms with Crippen LogP contribution in [0.15, 0.2) is 53.7 Å². The highest BCUT2D eigenvalue weighted by Gasteiger charge is 2.17. The van der Waals surface area contributed by atoms with Crippen LogP contribution >= 0.6 is 0 Å². The van der Waals surface area contributed by atoms with Crippen LogP contribution in [0.25, 0.3) is 5.69 Å². The fourth-order valence-electron chi connectivity index (χ4n) is 2.68. The second-order valence-corrected chi connectivity index (χ2v) is 5.98. The monoisotopic (exact) mass is 340 g/mol. The Labute approximate surface area is 145 Å². The average Bonchev–Trinajstić information content (AvgIpc) is 3.28. The summed E-state index contributed by atoms with van der Waals surface area (Å²) in [5, 5.41) is 17.1. The van der Waals surface area contributed by atoms with E-state index in [4.69, 9.17) is 4.42 Å². The Kier molecular flexibility index (Phi) is 4.95. The summed E-state index contributed by atoms with van der Waals surface area (Å²) in [5.41, 5.74) is 2.34. The summed E-state index contributed by atoms with van der Waals surface area (Å²) in [5.74, 6) is 0.307. The SMILES string of the molecule is Cc1cc(C(=O)NC(C)CC(O)c2ccco2)ccc1-n1cncn1. The van der Waals surface area contributed by atoms with Gasteiger partial charge in [0.05, 0.1) is 12.0 Å². The van der Waals surface area contributed by atoms with Gasteiger partial charge in [0.25, 0.3) is 5.91 Å². The Hall–Kier alpha value is -2.93. The summed E-state index contributed by atoms with van der Waals surface area (Å²) >= 11 is 0. The van der Waals surface area contributed by atoms with E-state index in [1.807, 2.05) is 26.0 Å². The van der Waals surface area contributed by atoms with Crippen molar-refractivity contribution in [1.82, 2.24) is 20.1 Å². The molecule has 0 fully saturated rings. The molecule has 2 N–H and O–H groups in total. The molecular formula is C18H20N4O3. The van der Waals surface area contributed by atoms with Gasteiger partial charge in [0, 0.05) is 18.0 Å². The molecule has 0 saturated heterocycles. The quantitative estimate of drug-likeness (QED) is 0.719. The molecule has 0 spiro atoms. The van der Waals surface area contributed by atoms with Gasteiger partial charge < -0.3 is 14.8 Å². The second-order valence-electron chi connectivity index (χ2n) is 5.98. The number of aliphatic hydroxyl groups excluding tert-OH is 1. The molecule has 0 aliphatic heterocycles. The molecule has 3 aromatic rings. The second kappa shape index (κ2) is 7.31. The van der Waals surface area contributed by atoms with Crippen LogP contribution in [-0.4, -0.2) is 31.8 Å².